The smallest absolute Gasteiger partial charge is 0.254 e. The van der Waals surface area contributed by atoms with Gasteiger partial charge in [0.1, 0.15) is 5.82 Å². The number of amides is 1. The van der Waals surface area contributed by atoms with E-state index in [2.05, 4.69) is 23.1 Å². The Balaban J connectivity index is 1.55. The number of nitrogens with zero attached hydrogens (tertiary/aromatic N) is 3. The van der Waals surface area contributed by atoms with Gasteiger partial charge in [0.25, 0.3) is 5.91 Å². The molecule has 1 aliphatic carbocycles. The third kappa shape index (κ3) is 4.12. The second kappa shape index (κ2) is 8.68. The van der Waals surface area contributed by atoms with E-state index in [1.54, 1.807) is 19.1 Å². The molecule has 2 atom stereocenters. The predicted molar refractivity (Wildman–Crippen MR) is 113 cm³/mol. The number of rotatable bonds is 6. The van der Waals surface area contributed by atoms with Crippen molar-refractivity contribution in [2.45, 2.75) is 50.5 Å². The molecular weight excluding hydrogens is 399 g/mol. The van der Waals surface area contributed by atoms with Crippen LogP contribution < -0.4 is 5.48 Å². The maximum absolute atomic E-state index is 14.3. The van der Waals surface area contributed by atoms with E-state index in [1.165, 1.54) is 6.07 Å². The molecule has 1 aromatic heterocycles. The lowest BCUT2D eigenvalue weighted by molar-refractivity contribution is -0.135. The summed E-state index contributed by atoms with van der Waals surface area (Å²) in [6.07, 6.45) is 5.69. The first-order valence-electron chi connectivity index (χ1n) is 10.9. The number of benzene rings is 1. The van der Waals surface area contributed by atoms with Crippen molar-refractivity contribution in [3.8, 4) is 0 Å². The average Bonchev–Trinajstić information content (AvgIpc) is 3.41. The van der Waals surface area contributed by atoms with Crippen molar-refractivity contribution in [1.29, 1.82) is 0 Å². The van der Waals surface area contributed by atoms with Crippen molar-refractivity contribution in [2.75, 3.05) is 32.8 Å². The van der Waals surface area contributed by atoms with Crippen molar-refractivity contribution in [3.05, 3.63) is 53.1 Å². The van der Waals surface area contributed by atoms with Crippen LogP contribution in [0, 0.1) is 12.7 Å². The van der Waals surface area contributed by atoms with Crippen molar-refractivity contribution in [1.82, 2.24) is 20.2 Å². The molecular formula is C23H31FN4O3. The summed E-state index contributed by atoms with van der Waals surface area (Å²) >= 11 is 0. The Hall–Kier alpha value is -2.29. The van der Waals surface area contributed by atoms with E-state index in [0.717, 1.165) is 51.4 Å². The molecule has 4 rings (SSSR count). The maximum atomic E-state index is 14.3. The molecule has 2 fully saturated rings. The lowest BCUT2D eigenvalue weighted by Gasteiger charge is -2.31. The van der Waals surface area contributed by atoms with E-state index in [1.807, 2.05) is 16.4 Å². The molecule has 0 unspecified atom stereocenters. The summed E-state index contributed by atoms with van der Waals surface area (Å²) < 4.78 is 21.7. The Bertz CT molecular complexity index is 943. The van der Waals surface area contributed by atoms with Gasteiger partial charge in [-0.15, -0.1) is 0 Å². The van der Waals surface area contributed by atoms with Crippen molar-refractivity contribution in [2.24, 2.45) is 0 Å². The van der Waals surface area contributed by atoms with Gasteiger partial charge >= 0.3 is 0 Å². The normalized spacial score (nSPS) is 26.8. The fourth-order valence-corrected chi connectivity index (χ4v) is 5.22. The first kappa shape index (κ1) is 21.9. The Morgan fingerprint density at radius 3 is 2.81 bits per heavy atom. The van der Waals surface area contributed by atoms with E-state index in [-0.39, 0.29) is 11.2 Å². The van der Waals surface area contributed by atoms with Crippen LogP contribution in [0.2, 0.25) is 0 Å². The van der Waals surface area contributed by atoms with Crippen LogP contribution in [0.5, 0.6) is 0 Å². The Morgan fingerprint density at radius 2 is 2.06 bits per heavy atom. The van der Waals surface area contributed by atoms with Crippen LogP contribution in [0.3, 0.4) is 0 Å². The fourth-order valence-electron chi connectivity index (χ4n) is 5.22. The molecule has 2 aliphatic rings. The minimum absolute atomic E-state index is 0.303. The van der Waals surface area contributed by atoms with E-state index in [0.29, 0.717) is 24.0 Å². The Kier molecular flexibility index (Phi) is 6.14. The van der Waals surface area contributed by atoms with Crippen LogP contribution in [-0.2, 0) is 26.9 Å². The molecule has 2 aromatic rings. The van der Waals surface area contributed by atoms with Crippen LogP contribution in [0.15, 0.2) is 30.6 Å². The Morgan fingerprint density at radius 1 is 1.29 bits per heavy atom. The average molecular weight is 431 g/mol. The number of morpholine rings is 1. The molecule has 8 heteroatoms. The van der Waals surface area contributed by atoms with Gasteiger partial charge in [0, 0.05) is 25.8 Å². The second-order valence-electron chi connectivity index (χ2n) is 9.12. The first-order valence-corrected chi connectivity index (χ1v) is 10.9. The van der Waals surface area contributed by atoms with Gasteiger partial charge in [0.2, 0.25) is 0 Å². The molecule has 1 aromatic carbocycles. The van der Waals surface area contributed by atoms with Crippen LogP contribution in [-0.4, -0.2) is 58.6 Å². The van der Waals surface area contributed by atoms with Crippen LogP contribution in [0.25, 0.3) is 0 Å². The third-order valence-corrected chi connectivity index (χ3v) is 7.19. The molecule has 1 saturated carbocycles. The number of carbonyl (C=O) groups is 1. The highest BCUT2D eigenvalue weighted by Crippen LogP contribution is 2.53. The second-order valence-corrected chi connectivity index (χ2v) is 9.12. The Labute approximate surface area is 182 Å². The SMILES string of the molecule is Cc1c(F)cccc1[C@]1(C(=O)NO)CC[C@@](C)(c2cnn(CCN3CCOCC3)c2)C1. The van der Waals surface area contributed by atoms with E-state index >= 15 is 0 Å². The molecule has 0 radical (unpaired) electrons. The number of ether oxygens (including phenoxy) is 1. The summed E-state index contributed by atoms with van der Waals surface area (Å²) in [6, 6.07) is 4.82. The number of halogens is 1. The molecule has 0 bridgehead atoms. The van der Waals surface area contributed by atoms with Gasteiger partial charge in [0.05, 0.1) is 31.4 Å². The maximum Gasteiger partial charge on any atom is 0.254 e. The summed E-state index contributed by atoms with van der Waals surface area (Å²) in [5.41, 5.74) is 2.72. The van der Waals surface area contributed by atoms with Gasteiger partial charge in [-0.3, -0.25) is 19.6 Å². The van der Waals surface area contributed by atoms with Gasteiger partial charge in [-0.1, -0.05) is 19.1 Å². The molecule has 1 saturated heterocycles. The summed E-state index contributed by atoms with van der Waals surface area (Å²) in [5, 5.41) is 14.1. The molecule has 0 spiro atoms. The predicted octanol–water partition coefficient (Wildman–Crippen LogP) is 2.55. The van der Waals surface area contributed by atoms with Crippen molar-refractivity contribution in [3.63, 3.8) is 0 Å². The number of carbonyl (C=O) groups excluding carboxylic acids is 1. The third-order valence-electron chi connectivity index (χ3n) is 7.19. The fraction of sp³-hybridized carbons (Fsp3) is 0.565. The summed E-state index contributed by atoms with van der Waals surface area (Å²) in [5.74, 6) is -0.822. The van der Waals surface area contributed by atoms with Gasteiger partial charge < -0.3 is 4.74 Å². The zero-order chi connectivity index (χ0) is 22.1. The van der Waals surface area contributed by atoms with Crippen LogP contribution >= 0.6 is 0 Å². The monoisotopic (exact) mass is 430 g/mol. The summed E-state index contributed by atoms with van der Waals surface area (Å²) in [6.45, 7) is 8.96. The lowest BCUT2D eigenvalue weighted by Crippen LogP contribution is -2.43. The van der Waals surface area contributed by atoms with Gasteiger partial charge in [0.15, 0.2) is 0 Å². The zero-order valence-electron chi connectivity index (χ0n) is 18.2. The first-order chi connectivity index (χ1) is 14.9. The number of hydrogen-bond donors (Lipinski definition) is 2. The van der Waals surface area contributed by atoms with Gasteiger partial charge in [-0.25, -0.2) is 9.87 Å². The topological polar surface area (TPSA) is 79.6 Å². The van der Waals surface area contributed by atoms with Crippen molar-refractivity contribution >= 4 is 5.91 Å². The van der Waals surface area contributed by atoms with Crippen LogP contribution in [0.4, 0.5) is 4.39 Å². The highest BCUT2D eigenvalue weighted by molar-refractivity contribution is 5.88. The number of hydroxylamine groups is 1. The van der Waals surface area contributed by atoms with E-state index < -0.39 is 11.3 Å². The molecule has 2 N–H and O–H groups in total. The molecule has 7 nitrogen and oxygen atoms in total. The molecule has 1 aliphatic heterocycles. The molecule has 168 valence electrons. The quantitative estimate of drug-likeness (QED) is 0.544. The van der Waals surface area contributed by atoms with Crippen LogP contribution in [0.1, 0.15) is 42.9 Å². The minimum Gasteiger partial charge on any atom is -0.379 e. The standard InChI is InChI=1S/C23H31FN4O3/c1-17-19(4-3-5-20(17)24)23(21(29)26-30)7-6-22(2,16-23)18-14-25-28(15-18)9-8-27-10-12-31-13-11-27/h3-5,14-15,30H,6-13,16H2,1-2H3,(H,26,29)/t22-,23+/m1/s1. The number of hydrogen-bond acceptors (Lipinski definition) is 5. The van der Waals surface area contributed by atoms with Gasteiger partial charge in [-0.2, -0.15) is 5.10 Å². The number of aromatic nitrogens is 2. The molecule has 2 heterocycles. The molecule has 1 amide bonds. The van der Waals surface area contributed by atoms with E-state index in [4.69, 9.17) is 4.74 Å². The largest absolute Gasteiger partial charge is 0.379 e. The lowest BCUT2D eigenvalue weighted by atomic mass is 9.72. The zero-order valence-corrected chi connectivity index (χ0v) is 18.2. The van der Waals surface area contributed by atoms with E-state index in [9.17, 15) is 14.4 Å². The molecule has 31 heavy (non-hydrogen) atoms. The summed E-state index contributed by atoms with van der Waals surface area (Å²) in [7, 11) is 0. The van der Waals surface area contributed by atoms with Gasteiger partial charge in [-0.05, 0) is 54.4 Å². The minimum atomic E-state index is -0.981. The number of nitrogens with one attached hydrogen (secondary N) is 1. The highest BCUT2D eigenvalue weighted by Gasteiger charge is 2.53. The highest BCUT2D eigenvalue weighted by atomic mass is 19.1. The summed E-state index contributed by atoms with van der Waals surface area (Å²) in [4.78, 5) is 15.2. The van der Waals surface area contributed by atoms with Crippen molar-refractivity contribution < 1.29 is 19.1 Å².